The first kappa shape index (κ1) is 12.8. The number of carbonyl (C=O) groups excluding carboxylic acids is 1. The molecule has 0 aliphatic carbocycles. The summed E-state index contributed by atoms with van der Waals surface area (Å²) in [6.07, 6.45) is 5.35. The van der Waals surface area contributed by atoms with Crippen molar-refractivity contribution in [3.05, 3.63) is 66.8 Å². The average Bonchev–Trinajstić information content (AvgIpc) is 2.61. The minimum Gasteiger partial charge on any atom is -0.497 e. The van der Waals surface area contributed by atoms with Crippen LogP contribution in [0.1, 0.15) is 14.6 Å². The topological polar surface area (TPSA) is 86.2 Å². The van der Waals surface area contributed by atoms with Gasteiger partial charge < -0.3 is 14.8 Å². The molecule has 0 saturated carbocycles. The van der Waals surface area contributed by atoms with Gasteiger partial charge in [0, 0.05) is 30.1 Å². The molecule has 25 heavy (non-hydrogen) atoms. The second-order valence-electron chi connectivity index (χ2n) is 4.78. The van der Waals surface area contributed by atoms with Crippen LogP contribution in [0.4, 0.5) is 10.1 Å². The number of halogens is 1. The number of amides is 1. The van der Waals surface area contributed by atoms with Crippen molar-refractivity contribution < 1.29 is 22.8 Å². The molecule has 0 fully saturated rings. The Morgan fingerprint density at radius 3 is 2.80 bits per heavy atom. The monoisotopic (exact) mass is 343 g/mol. The Balaban J connectivity index is 1.76. The smallest absolute Gasteiger partial charge is 0.274 e. The van der Waals surface area contributed by atoms with Crippen molar-refractivity contribution in [2.24, 2.45) is 0 Å². The Bertz CT molecular complexity index is 987. The molecule has 7 nitrogen and oxygen atoms in total. The molecule has 1 N–H and O–H groups in total. The summed E-state index contributed by atoms with van der Waals surface area (Å²) in [4.78, 5) is 23.8. The summed E-state index contributed by atoms with van der Waals surface area (Å²) in [6.45, 7) is 0. The molecule has 0 atom stereocenters. The number of rotatable bonds is 5. The number of anilines is 1. The zero-order valence-electron chi connectivity index (χ0n) is 15.6. The van der Waals surface area contributed by atoms with E-state index in [1.807, 2.05) is 0 Å². The summed E-state index contributed by atoms with van der Waals surface area (Å²) in [5.41, 5.74) is 0.00531. The van der Waals surface area contributed by atoms with Crippen LogP contribution in [0.25, 0.3) is 0 Å². The van der Waals surface area contributed by atoms with Gasteiger partial charge in [-0.05, 0) is 12.1 Å². The molecule has 0 saturated heterocycles. The van der Waals surface area contributed by atoms with Crippen LogP contribution in [0.5, 0.6) is 17.2 Å². The molecule has 2 heterocycles. The van der Waals surface area contributed by atoms with Gasteiger partial charge in [0.1, 0.15) is 29.3 Å². The first-order valence-corrected chi connectivity index (χ1v) is 6.98. The van der Waals surface area contributed by atoms with Gasteiger partial charge in [0.2, 0.25) is 0 Å². The van der Waals surface area contributed by atoms with Gasteiger partial charge in [-0.2, -0.15) is 0 Å². The highest BCUT2D eigenvalue weighted by Crippen LogP contribution is 2.25. The fourth-order valence-corrected chi connectivity index (χ4v) is 1.96. The number of pyridine rings is 1. The number of nitrogens with one attached hydrogen (secondary N) is 1. The Kier molecular flexibility index (Phi) is 3.77. The number of benzene rings is 1. The number of carbonyl (C=O) groups is 1. The third-order valence-electron chi connectivity index (χ3n) is 2.98. The predicted octanol–water partition coefficient (Wildman–Crippen LogP) is 3.06. The molecule has 3 rings (SSSR count). The summed E-state index contributed by atoms with van der Waals surface area (Å²) in [5, 5.41) is 2.47. The molecule has 1 amide bonds. The van der Waals surface area contributed by atoms with E-state index in [-0.39, 0.29) is 22.9 Å². The molecule has 0 radical (unpaired) electrons. The van der Waals surface area contributed by atoms with Crippen molar-refractivity contribution in [3.8, 4) is 17.2 Å². The van der Waals surface area contributed by atoms with Gasteiger partial charge in [-0.15, -0.1) is 0 Å². The molecule has 2 aromatic heterocycles. The SMILES string of the molecule is [2H]C([2H])([2H])Oc1ccnc(C(=O)Nc2cc(F)cc(Oc3cncnc3)c2)c1. The molecule has 3 aromatic rings. The normalized spacial score (nSPS) is 12.4. The van der Waals surface area contributed by atoms with Gasteiger partial charge in [0.05, 0.1) is 23.5 Å². The van der Waals surface area contributed by atoms with Crippen LogP contribution in [0.2, 0.25) is 0 Å². The predicted molar refractivity (Wildman–Crippen MR) is 87.2 cm³/mol. The highest BCUT2D eigenvalue weighted by atomic mass is 19.1. The van der Waals surface area contributed by atoms with E-state index >= 15 is 0 Å². The van der Waals surface area contributed by atoms with Gasteiger partial charge in [-0.1, -0.05) is 0 Å². The number of aromatic nitrogens is 3. The lowest BCUT2D eigenvalue weighted by Gasteiger charge is -2.09. The summed E-state index contributed by atoms with van der Waals surface area (Å²) >= 11 is 0. The van der Waals surface area contributed by atoms with Gasteiger partial charge in [-0.3, -0.25) is 9.78 Å². The zero-order valence-corrected chi connectivity index (χ0v) is 12.6. The average molecular weight is 343 g/mol. The van der Waals surface area contributed by atoms with Crippen LogP contribution < -0.4 is 14.8 Å². The van der Waals surface area contributed by atoms with E-state index in [2.05, 4.69) is 20.3 Å². The van der Waals surface area contributed by atoms with Crippen LogP contribution in [0, 0.1) is 5.82 Å². The Labute approximate surface area is 146 Å². The van der Waals surface area contributed by atoms with Crippen molar-refractivity contribution in [1.29, 1.82) is 0 Å². The van der Waals surface area contributed by atoms with E-state index in [0.29, 0.717) is 5.75 Å². The Morgan fingerprint density at radius 2 is 2.00 bits per heavy atom. The van der Waals surface area contributed by atoms with Crippen LogP contribution in [0.15, 0.2) is 55.2 Å². The molecule has 1 aromatic carbocycles. The lowest BCUT2D eigenvalue weighted by molar-refractivity contribution is 0.102. The molecule has 8 heteroatoms. The lowest BCUT2D eigenvalue weighted by Crippen LogP contribution is -2.13. The van der Waals surface area contributed by atoms with E-state index < -0.39 is 18.8 Å². The van der Waals surface area contributed by atoms with E-state index in [9.17, 15) is 9.18 Å². The van der Waals surface area contributed by atoms with Crippen molar-refractivity contribution in [2.75, 3.05) is 12.4 Å². The third kappa shape index (κ3) is 4.25. The summed E-state index contributed by atoms with van der Waals surface area (Å²) in [6, 6.07) is 6.09. The maximum atomic E-state index is 13.9. The Hall–Kier alpha value is -3.55. The molecular formula is C17H13FN4O3. The first-order valence-electron chi connectivity index (χ1n) is 8.48. The van der Waals surface area contributed by atoms with Crippen LogP contribution in [0.3, 0.4) is 0 Å². The van der Waals surface area contributed by atoms with Gasteiger partial charge in [0.15, 0.2) is 5.75 Å². The van der Waals surface area contributed by atoms with Crippen LogP contribution in [-0.4, -0.2) is 27.9 Å². The quantitative estimate of drug-likeness (QED) is 0.766. The van der Waals surface area contributed by atoms with Crippen LogP contribution >= 0.6 is 0 Å². The molecule has 126 valence electrons. The summed E-state index contributed by atoms with van der Waals surface area (Å²) in [5.74, 6) is -0.959. The summed E-state index contributed by atoms with van der Waals surface area (Å²) in [7, 11) is -2.66. The number of methoxy groups -OCH3 is 1. The zero-order chi connectivity index (χ0) is 20.1. The maximum absolute atomic E-state index is 13.9. The second-order valence-corrected chi connectivity index (χ2v) is 4.78. The number of ether oxygens (including phenoxy) is 2. The molecular weight excluding hydrogens is 327 g/mol. The molecule has 0 unspecified atom stereocenters. The van der Waals surface area contributed by atoms with Crippen molar-refractivity contribution in [1.82, 2.24) is 15.0 Å². The molecule has 0 bridgehead atoms. The van der Waals surface area contributed by atoms with E-state index in [1.54, 1.807) is 0 Å². The number of nitrogens with zero attached hydrogens (tertiary/aromatic N) is 3. The van der Waals surface area contributed by atoms with Gasteiger partial charge >= 0.3 is 0 Å². The van der Waals surface area contributed by atoms with Crippen molar-refractivity contribution in [2.45, 2.75) is 0 Å². The van der Waals surface area contributed by atoms with Gasteiger partial charge in [-0.25, -0.2) is 14.4 Å². The van der Waals surface area contributed by atoms with Crippen molar-refractivity contribution >= 4 is 11.6 Å². The van der Waals surface area contributed by atoms with E-state index in [0.717, 1.165) is 12.1 Å². The summed E-state index contributed by atoms with van der Waals surface area (Å²) < 4.78 is 45.3. The lowest BCUT2D eigenvalue weighted by atomic mass is 10.2. The van der Waals surface area contributed by atoms with Crippen molar-refractivity contribution in [3.63, 3.8) is 0 Å². The fraction of sp³-hybridized carbons (Fsp3) is 0.0588. The Morgan fingerprint density at radius 1 is 1.16 bits per heavy atom. The largest absolute Gasteiger partial charge is 0.497 e. The number of hydrogen-bond donors (Lipinski definition) is 1. The van der Waals surface area contributed by atoms with Gasteiger partial charge in [0.25, 0.3) is 5.91 Å². The van der Waals surface area contributed by atoms with E-state index in [1.165, 1.54) is 43.1 Å². The van der Waals surface area contributed by atoms with Crippen LogP contribution in [-0.2, 0) is 0 Å². The first-order chi connectivity index (χ1) is 13.3. The molecule has 0 aliphatic heterocycles. The second kappa shape index (κ2) is 7.35. The minimum atomic E-state index is -2.66. The molecule has 0 spiro atoms. The minimum absolute atomic E-state index is 0.0486. The maximum Gasteiger partial charge on any atom is 0.274 e. The number of hydrogen-bond acceptors (Lipinski definition) is 6. The molecule has 0 aliphatic rings. The fourth-order valence-electron chi connectivity index (χ4n) is 1.96. The standard InChI is InChI=1S/C17H13FN4O3/c1-24-13-2-3-21-16(7-13)17(23)22-12-4-11(18)5-14(6-12)25-15-8-19-10-20-9-15/h2-10H,1H3,(H,22,23)/i1D3. The highest BCUT2D eigenvalue weighted by Gasteiger charge is 2.11. The van der Waals surface area contributed by atoms with E-state index in [4.69, 9.17) is 13.6 Å². The third-order valence-corrected chi connectivity index (χ3v) is 2.98. The highest BCUT2D eigenvalue weighted by molar-refractivity contribution is 6.03.